The van der Waals surface area contributed by atoms with Crippen molar-refractivity contribution in [2.24, 2.45) is 0 Å². The molecule has 0 aliphatic rings. The van der Waals surface area contributed by atoms with Gasteiger partial charge in [-0.25, -0.2) is 0 Å². The average molecular weight is 196 g/mol. The molecule has 0 aliphatic carbocycles. The SMILES string of the molecule is CCC[C-](F)CF.[Y]. The van der Waals surface area contributed by atoms with E-state index in [1.54, 1.807) is 0 Å². The Balaban J connectivity index is 0. The normalized spacial score (nSPS) is 9.00. The van der Waals surface area contributed by atoms with Crippen molar-refractivity contribution in [1.29, 1.82) is 0 Å². The molecule has 0 atom stereocenters. The Morgan fingerprint density at radius 3 is 2.12 bits per heavy atom. The number of hydrogen-bond donors (Lipinski definition) is 0. The molecule has 0 aromatic rings. The van der Waals surface area contributed by atoms with E-state index in [9.17, 15) is 8.78 Å². The van der Waals surface area contributed by atoms with Gasteiger partial charge in [0.25, 0.3) is 0 Å². The minimum absolute atomic E-state index is 0. The first-order valence-electron chi connectivity index (χ1n) is 2.37. The summed E-state index contributed by atoms with van der Waals surface area (Å²) >= 11 is 0. The summed E-state index contributed by atoms with van der Waals surface area (Å²) in [5, 5.41) is 0. The first-order chi connectivity index (χ1) is 3.31. The Hall–Kier alpha value is 0.964. The fourth-order valence-corrected chi connectivity index (χ4v) is 0.338. The van der Waals surface area contributed by atoms with Crippen molar-refractivity contribution >= 4 is 0 Å². The molecule has 0 aromatic carbocycles. The molecule has 0 saturated carbocycles. The first kappa shape index (κ1) is 11.7. The Bertz CT molecular complexity index is 41.4. The van der Waals surface area contributed by atoms with Crippen LogP contribution in [0.1, 0.15) is 19.8 Å². The summed E-state index contributed by atoms with van der Waals surface area (Å²) < 4.78 is 22.8. The average Bonchev–Trinajstić information content (AvgIpc) is 1.68. The molecule has 0 bridgehead atoms. The summed E-state index contributed by atoms with van der Waals surface area (Å²) in [5.41, 5.74) is 0. The quantitative estimate of drug-likeness (QED) is 0.607. The van der Waals surface area contributed by atoms with Gasteiger partial charge >= 0.3 is 0 Å². The maximum Gasteiger partial charge on any atom is 0 e. The van der Waals surface area contributed by atoms with Crippen molar-refractivity contribution in [3.63, 3.8) is 0 Å². The van der Waals surface area contributed by atoms with Gasteiger partial charge in [-0.3, -0.25) is 4.39 Å². The van der Waals surface area contributed by atoms with Crippen LogP contribution in [0.5, 0.6) is 0 Å². The van der Waals surface area contributed by atoms with Crippen molar-refractivity contribution in [2.75, 3.05) is 6.67 Å². The van der Waals surface area contributed by atoms with E-state index in [-0.39, 0.29) is 39.1 Å². The van der Waals surface area contributed by atoms with Gasteiger partial charge in [0.15, 0.2) is 0 Å². The van der Waals surface area contributed by atoms with E-state index in [4.69, 9.17) is 0 Å². The van der Waals surface area contributed by atoms with Crippen molar-refractivity contribution < 1.29 is 41.5 Å². The van der Waals surface area contributed by atoms with E-state index in [2.05, 4.69) is 0 Å². The van der Waals surface area contributed by atoms with Crippen LogP contribution >= 0.6 is 0 Å². The van der Waals surface area contributed by atoms with E-state index in [0.717, 1.165) is 0 Å². The molecule has 0 aromatic heterocycles. The van der Waals surface area contributed by atoms with E-state index in [0.29, 0.717) is 6.42 Å². The molecule has 0 rings (SSSR count). The molecule has 0 spiro atoms. The van der Waals surface area contributed by atoms with Crippen molar-refractivity contribution in [3.05, 3.63) is 6.17 Å². The van der Waals surface area contributed by atoms with Gasteiger partial charge in [-0.2, -0.15) is 0 Å². The number of alkyl halides is 1. The Labute approximate surface area is 73.9 Å². The summed E-state index contributed by atoms with van der Waals surface area (Å²) in [5.74, 6) is 0. The van der Waals surface area contributed by atoms with Crippen molar-refractivity contribution in [1.82, 2.24) is 0 Å². The van der Waals surface area contributed by atoms with Gasteiger partial charge in [0.1, 0.15) is 0 Å². The van der Waals surface area contributed by atoms with Gasteiger partial charge in [-0.1, -0.05) is 13.3 Å². The third-order valence-electron chi connectivity index (χ3n) is 0.666. The second kappa shape index (κ2) is 7.96. The fourth-order valence-electron chi connectivity index (χ4n) is 0.338. The van der Waals surface area contributed by atoms with Gasteiger partial charge in [-0.05, 0) is 6.67 Å². The molecular formula is C5H9F2Y-. The van der Waals surface area contributed by atoms with Crippen molar-refractivity contribution in [2.45, 2.75) is 19.8 Å². The second-order valence-electron chi connectivity index (χ2n) is 1.40. The molecular weight excluding hydrogens is 187 g/mol. The van der Waals surface area contributed by atoms with Gasteiger partial charge in [0, 0.05) is 32.7 Å². The summed E-state index contributed by atoms with van der Waals surface area (Å²) in [4.78, 5) is 0. The van der Waals surface area contributed by atoms with Gasteiger partial charge in [0.05, 0.1) is 0 Å². The van der Waals surface area contributed by atoms with Gasteiger partial charge in [0.2, 0.25) is 0 Å². The van der Waals surface area contributed by atoms with Crippen LogP contribution in [0.25, 0.3) is 0 Å². The van der Waals surface area contributed by atoms with Gasteiger partial charge in [-0.15, -0.1) is 12.6 Å². The van der Waals surface area contributed by atoms with Crippen LogP contribution in [0.4, 0.5) is 8.78 Å². The predicted molar refractivity (Wildman–Crippen MR) is 25.2 cm³/mol. The smallest absolute Gasteiger partial charge is 0 e. The maximum atomic E-state index is 11.7. The van der Waals surface area contributed by atoms with Crippen LogP contribution in [0.2, 0.25) is 0 Å². The number of halogens is 2. The number of rotatable bonds is 3. The molecule has 47 valence electrons. The van der Waals surface area contributed by atoms with E-state index >= 15 is 0 Å². The Morgan fingerprint density at radius 1 is 1.50 bits per heavy atom. The zero-order chi connectivity index (χ0) is 5.70. The Kier molecular flexibility index (Phi) is 11.7. The predicted octanol–water partition coefficient (Wildman–Crippen LogP) is 2.25. The van der Waals surface area contributed by atoms with Crippen LogP contribution in [0, 0.1) is 6.17 Å². The van der Waals surface area contributed by atoms with Crippen LogP contribution in [-0.4, -0.2) is 6.67 Å². The third-order valence-corrected chi connectivity index (χ3v) is 0.666. The van der Waals surface area contributed by atoms with E-state index in [1.807, 2.05) is 6.92 Å². The third kappa shape index (κ3) is 6.96. The summed E-state index contributed by atoms with van der Waals surface area (Å²) in [6.45, 7) is 0.906. The molecule has 8 heavy (non-hydrogen) atoms. The molecule has 1 radical (unpaired) electrons. The fraction of sp³-hybridized carbons (Fsp3) is 0.800. The molecule has 0 unspecified atom stereocenters. The van der Waals surface area contributed by atoms with E-state index < -0.39 is 12.8 Å². The standard InChI is InChI=1S/C5H9F2.Y/c1-2-3-5(7)4-6;/h2-4H2,1H3;/q-1;. The zero-order valence-corrected chi connectivity index (χ0v) is 7.79. The molecule has 0 saturated heterocycles. The zero-order valence-electron chi connectivity index (χ0n) is 4.95. The molecule has 0 nitrogen and oxygen atoms in total. The summed E-state index contributed by atoms with van der Waals surface area (Å²) in [6.07, 6.45) is 0.425. The van der Waals surface area contributed by atoms with E-state index in [1.165, 1.54) is 0 Å². The van der Waals surface area contributed by atoms with Crippen LogP contribution in [0.15, 0.2) is 0 Å². The maximum absolute atomic E-state index is 11.7. The molecule has 0 aliphatic heterocycles. The molecule has 0 amide bonds. The second-order valence-corrected chi connectivity index (χ2v) is 1.40. The molecule has 3 heteroatoms. The summed E-state index contributed by atoms with van der Waals surface area (Å²) in [6, 6.07) is 0. The summed E-state index contributed by atoms with van der Waals surface area (Å²) in [7, 11) is 0. The minimum atomic E-state index is -0.909. The monoisotopic (exact) mass is 196 g/mol. The number of hydrogen-bond acceptors (Lipinski definition) is 0. The molecule has 0 heterocycles. The first-order valence-corrected chi connectivity index (χ1v) is 2.37. The molecule has 0 N–H and O–H groups in total. The van der Waals surface area contributed by atoms with Crippen LogP contribution in [-0.2, 0) is 32.7 Å². The topological polar surface area (TPSA) is 0 Å². The van der Waals surface area contributed by atoms with Crippen LogP contribution < -0.4 is 0 Å². The minimum Gasteiger partial charge on any atom is -0.454 e. The van der Waals surface area contributed by atoms with Crippen LogP contribution in [0.3, 0.4) is 0 Å². The van der Waals surface area contributed by atoms with Crippen molar-refractivity contribution in [3.8, 4) is 0 Å². The van der Waals surface area contributed by atoms with Gasteiger partial charge < -0.3 is 4.39 Å². The molecule has 0 fully saturated rings. The Morgan fingerprint density at radius 2 is 2.00 bits per heavy atom. The largest absolute Gasteiger partial charge is 0.454 e.